The van der Waals surface area contributed by atoms with Gasteiger partial charge in [0.05, 0.1) is 25.4 Å². The second-order valence-corrected chi connectivity index (χ2v) is 6.41. The second-order valence-electron chi connectivity index (χ2n) is 6.41. The second kappa shape index (κ2) is 8.39. The van der Waals surface area contributed by atoms with Crippen LogP contribution < -0.4 is 0 Å². The van der Waals surface area contributed by atoms with E-state index in [4.69, 9.17) is 9.47 Å². The van der Waals surface area contributed by atoms with Crippen LogP contribution in [0.3, 0.4) is 0 Å². The molecule has 0 saturated carbocycles. The minimum atomic E-state index is -0.358. The van der Waals surface area contributed by atoms with Gasteiger partial charge in [-0.2, -0.15) is 0 Å². The maximum absolute atomic E-state index is 11.7. The van der Waals surface area contributed by atoms with Crippen LogP contribution in [-0.2, 0) is 23.9 Å². The van der Waals surface area contributed by atoms with E-state index in [0.29, 0.717) is 45.6 Å². The molecule has 0 bridgehead atoms. The van der Waals surface area contributed by atoms with Gasteiger partial charge >= 0.3 is 0 Å². The predicted molar refractivity (Wildman–Crippen MR) is 81.3 cm³/mol. The number of hydrogen-bond donors (Lipinski definition) is 0. The molecule has 1 fully saturated rings. The third kappa shape index (κ3) is 6.23. The molecule has 22 heavy (non-hydrogen) atoms. The SMILES string of the molecule is CC(=O)CCOC(C)(C)CCOCCN1C(=O)CC(C)C1=O. The van der Waals surface area contributed by atoms with E-state index in [-0.39, 0.29) is 29.1 Å². The molecule has 126 valence electrons. The molecule has 1 rings (SSSR count). The highest BCUT2D eigenvalue weighted by Crippen LogP contribution is 2.18. The van der Waals surface area contributed by atoms with Crippen LogP contribution in [0.25, 0.3) is 0 Å². The summed E-state index contributed by atoms with van der Waals surface area (Å²) >= 11 is 0. The first-order chi connectivity index (χ1) is 10.2. The maximum atomic E-state index is 11.7. The third-order valence-electron chi connectivity index (χ3n) is 3.72. The summed E-state index contributed by atoms with van der Waals surface area (Å²) in [4.78, 5) is 35.5. The molecule has 0 aromatic heterocycles. The van der Waals surface area contributed by atoms with Crippen molar-refractivity contribution in [3.05, 3.63) is 0 Å². The quantitative estimate of drug-likeness (QED) is 0.452. The van der Waals surface area contributed by atoms with Crippen LogP contribution in [0.2, 0.25) is 0 Å². The number of carbonyl (C=O) groups is 3. The Bertz CT molecular complexity index is 419. The summed E-state index contributed by atoms with van der Waals surface area (Å²) < 4.78 is 11.1. The van der Waals surface area contributed by atoms with Crippen molar-refractivity contribution in [2.24, 2.45) is 5.92 Å². The Morgan fingerprint density at radius 1 is 1.27 bits per heavy atom. The summed E-state index contributed by atoms with van der Waals surface area (Å²) in [5.41, 5.74) is -0.358. The van der Waals surface area contributed by atoms with Crippen molar-refractivity contribution < 1.29 is 23.9 Å². The van der Waals surface area contributed by atoms with Crippen LogP contribution >= 0.6 is 0 Å². The van der Waals surface area contributed by atoms with E-state index in [0.717, 1.165) is 0 Å². The van der Waals surface area contributed by atoms with Crippen LogP contribution in [0.5, 0.6) is 0 Å². The van der Waals surface area contributed by atoms with Gasteiger partial charge in [0.2, 0.25) is 11.8 Å². The van der Waals surface area contributed by atoms with Crippen LogP contribution in [0.1, 0.15) is 47.0 Å². The fraction of sp³-hybridized carbons (Fsp3) is 0.812. The van der Waals surface area contributed by atoms with Gasteiger partial charge < -0.3 is 9.47 Å². The normalized spacial score (nSPS) is 19.1. The topological polar surface area (TPSA) is 72.9 Å². The number of ether oxygens (including phenoxy) is 2. The Morgan fingerprint density at radius 2 is 1.95 bits per heavy atom. The summed E-state index contributed by atoms with van der Waals surface area (Å²) in [6, 6.07) is 0. The van der Waals surface area contributed by atoms with E-state index < -0.39 is 0 Å². The number of ketones is 1. The highest BCUT2D eigenvalue weighted by atomic mass is 16.5. The van der Waals surface area contributed by atoms with Crippen molar-refractivity contribution in [3.63, 3.8) is 0 Å². The highest BCUT2D eigenvalue weighted by Gasteiger charge is 2.34. The Kier molecular flexibility index (Phi) is 7.16. The molecule has 6 heteroatoms. The van der Waals surface area contributed by atoms with Gasteiger partial charge in [0.25, 0.3) is 0 Å². The van der Waals surface area contributed by atoms with Gasteiger partial charge in [-0.25, -0.2) is 0 Å². The molecule has 1 heterocycles. The fourth-order valence-corrected chi connectivity index (χ4v) is 2.20. The zero-order chi connectivity index (χ0) is 16.8. The summed E-state index contributed by atoms with van der Waals surface area (Å²) in [7, 11) is 0. The van der Waals surface area contributed by atoms with Crippen LogP contribution in [0.15, 0.2) is 0 Å². The number of nitrogens with zero attached hydrogens (tertiary/aromatic N) is 1. The average molecular weight is 313 g/mol. The van der Waals surface area contributed by atoms with E-state index in [1.54, 1.807) is 13.8 Å². The van der Waals surface area contributed by atoms with Gasteiger partial charge in [0.1, 0.15) is 5.78 Å². The molecule has 1 atom stereocenters. The molecule has 0 spiro atoms. The standard InChI is InChI=1S/C16H27NO5/c1-12-11-14(19)17(15(12)20)7-10-21-9-6-16(3,4)22-8-5-13(2)18/h12H,5-11H2,1-4H3. The van der Waals surface area contributed by atoms with Crippen molar-refractivity contribution in [1.29, 1.82) is 0 Å². The van der Waals surface area contributed by atoms with Crippen LogP contribution in [0, 0.1) is 5.92 Å². The van der Waals surface area contributed by atoms with Gasteiger partial charge in [0.15, 0.2) is 0 Å². The number of carbonyl (C=O) groups excluding carboxylic acids is 3. The highest BCUT2D eigenvalue weighted by molar-refractivity contribution is 6.03. The lowest BCUT2D eigenvalue weighted by molar-refractivity contribution is -0.140. The lowest BCUT2D eigenvalue weighted by Gasteiger charge is -2.25. The first kappa shape index (κ1) is 18.8. The number of amides is 2. The molecule has 0 aliphatic carbocycles. The van der Waals surface area contributed by atoms with Gasteiger partial charge in [-0.15, -0.1) is 0 Å². The van der Waals surface area contributed by atoms with Crippen molar-refractivity contribution in [1.82, 2.24) is 4.90 Å². The largest absolute Gasteiger partial charge is 0.379 e. The lowest BCUT2D eigenvalue weighted by Crippen LogP contribution is -2.34. The maximum Gasteiger partial charge on any atom is 0.232 e. The summed E-state index contributed by atoms with van der Waals surface area (Å²) in [5.74, 6) is -0.321. The number of rotatable bonds is 10. The molecule has 1 unspecified atom stereocenters. The number of Topliss-reactive ketones (excluding diaryl/α,β-unsaturated/α-hetero) is 1. The Labute approximate surface area is 132 Å². The molecule has 1 aliphatic heterocycles. The third-order valence-corrected chi connectivity index (χ3v) is 3.72. The van der Waals surface area contributed by atoms with Gasteiger partial charge in [0, 0.05) is 25.4 Å². The zero-order valence-corrected chi connectivity index (χ0v) is 14.0. The Hall–Kier alpha value is -1.27. The summed E-state index contributed by atoms with van der Waals surface area (Å²) in [6.45, 7) is 8.76. The molecular formula is C16H27NO5. The molecular weight excluding hydrogens is 286 g/mol. The van der Waals surface area contributed by atoms with E-state index in [1.807, 2.05) is 13.8 Å². The van der Waals surface area contributed by atoms with Crippen molar-refractivity contribution >= 4 is 17.6 Å². The van der Waals surface area contributed by atoms with Gasteiger partial charge in [-0.05, 0) is 27.2 Å². The first-order valence-electron chi connectivity index (χ1n) is 7.78. The molecule has 0 aromatic carbocycles. The molecule has 1 aliphatic rings. The van der Waals surface area contributed by atoms with Crippen molar-refractivity contribution in [2.45, 2.75) is 52.6 Å². The smallest absolute Gasteiger partial charge is 0.232 e. The van der Waals surface area contributed by atoms with E-state index in [2.05, 4.69) is 0 Å². The molecule has 2 amide bonds. The van der Waals surface area contributed by atoms with Crippen LogP contribution in [0.4, 0.5) is 0 Å². The molecule has 0 radical (unpaired) electrons. The summed E-state index contributed by atoms with van der Waals surface area (Å²) in [6.07, 6.45) is 1.40. The minimum absolute atomic E-state index is 0.110. The zero-order valence-electron chi connectivity index (χ0n) is 14.0. The molecule has 0 N–H and O–H groups in total. The van der Waals surface area contributed by atoms with Crippen molar-refractivity contribution in [2.75, 3.05) is 26.4 Å². The predicted octanol–water partition coefficient (Wildman–Crippen LogP) is 1.56. The van der Waals surface area contributed by atoms with Gasteiger partial charge in [-0.1, -0.05) is 6.92 Å². The summed E-state index contributed by atoms with van der Waals surface area (Å²) in [5, 5.41) is 0. The molecule has 6 nitrogen and oxygen atoms in total. The van der Waals surface area contributed by atoms with E-state index in [1.165, 1.54) is 4.90 Å². The molecule has 1 saturated heterocycles. The Morgan fingerprint density at radius 3 is 2.50 bits per heavy atom. The average Bonchev–Trinajstić information content (AvgIpc) is 2.63. The minimum Gasteiger partial charge on any atom is -0.379 e. The molecule has 0 aromatic rings. The van der Waals surface area contributed by atoms with Crippen molar-refractivity contribution in [3.8, 4) is 0 Å². The van der Waals surface area contributed by atoms with Gasteiger partial charge in [-0.3, -0.25) is 19.3 Å². The van der Waals surface area contributed by atoms with Crippen LogP contribution in [-0.4, -0.2) is 54.5 Å². The number of imide groups is 1. The van der Waals surface area contributed by atoms with E-state index in [9.17, 15) is 14.4 Å². The fourth-order valence-electron chi connectivity index (χ4n) is 2.20. The first-order valence-corrected chi connectivity index (χ1v) is 7.78. The van der Waals surface area contributed by atoms with E-state index >= 15 is 0 Å². The number of hydrogen-bond acceptors (Lipinski definition) is 5. The number of likely N-dealkylation sites (tertiary alicyclic amines) is 1. The lowest BCUT2D eigenvalue weighted by atomic mass is 10.1. The monoisotopic (exact) mass is 313 g/mol. The Balaban J connectivity index is 2.15.